The molecule has 0 radical (unpaired) electrons. The Morgan fingerprint density at radius 1 is 1.03 bits per heavy atom. The van der Waals surface area contributed by atoms with Crippen LogP contribution < -0.4 is 5.73 Å². The maximum Gasteiger partial charge on any atom is 0.488 e. The first-order chi connectivity index (χ1) is 17.3. The van der Waals surface area contributed by atoms with E-state index in [0.29, 0.717) is 24.2 Å². The Morgan fingerprint density at radius 2 is 1.73 bits per heavy atom. The lowest BCUT2D eigenvalue weighted by atomic mass is 10.0. The highest BCUT2D eigenvalue weighted by Crippen LogP contribution is 2.72. The molecule has 2 aromatic rings. The summed E-state index contributed by atoms with van der Waals surface area (Å²) in [6.07, 6.45) is 0.372. The smallest absolute Gasteiger partial charge is 0.387 e. The van der Waals surface area contributed by atoms with Gasteiger partial charge in [-0.3, -0.25) is 9.09 Å². The number of aliphatic hydroxyl groups excluding tert-OH is 2. The number of ether oxygens (including phenoxy) is 1. The van der Waals surface area contributed by atoms with Crippen molar-refractivity contribution in [2.75, 3.05) is 12.3 Å². The Morgan fingerprint density at radius 3 is 2.43 bits per heavy atom. The number of rotatable bonds is 10. The average Bonchev–Trinajstić information content (AvgIpc) is 3.33. The Labute approximate surface area is 213 Å². The molecule has 0 aromatic carbocycles. The molecule has 1 saturated carbocycles. The molecule has 0 bridgehead atoms. The topological polar surface area (TPSA) is 259 Å². The fourth-order valence-electron chi connectivity index (χ4n) is 4.00. The third-order valence-corrected chi connectivity index (χ3v) is 12.8. The summed E-state index contributed by atoms with van der Waals surface area (Å²) in [5.41, 5.74) is 6.12. The summed E-state index contributed by atoms with van der Waals surface area (Å²) in [7, 11) is -10.9. The van der Waals surface area contributed by atoms with Crippen molar-refractivity contribution in [2.45, 2.75) is 61.9 Å². The van der Waals surface area contributed by atoms with E-state index in [1.165, 1.54) is 10.9 Å². The number of aliphatic hydroxyl groups is 2. The molecule has 7 atom stereocenters. The molecule has 37 heavy (non-hydrogen) atoms. The maximum atomic E-state index is 12.3. The second-order valence-electron chi connectivity index (χ2n) is 8.36. The molecular weight excluding hydrogens is 579 g/mol. The first-order valence-corrected chi connectivity index (χ1v) is 17.0. The fourth-order valence-corrected chi connectivity index (χ4v) is 10.9. The molecule has 1 aliphatic carbocycles. The van der Waals surface area contributed by atoms with Crippen LogP contribution in [0.5, 0.6) is 0 Å². The van der Waals surface area contributed by atoms with Gasteiger partial charge in [0, 0.05) is 5.25 Å². The zero-order chi connectivity index (χ0) is 27.0. The average molecular weight is 605 g/mol. The number of aromatic nitrogens is 4. The molecule has 2 fully saturated rings. The van der Waals surface area contributed by atoms with Crippen LogP contribution in [0.25, 0.3) is 11.2 Å². The number of nitrogens with zero attached hydrogens (tertiary/aromatic N) is 4. The van der Waals surface area contributed by atoms with Crippen LogP contribution >= 0.6 is 33.8 Å². The van der Waals surface area contributed by atoms with E-state index in [9.17, 15) is 38.6 Å². The van der Waals surface area contributed by atoms with Gasteiger partial charge in [-0.2, -0.15) is 8.62 Å². The van der Waals surface area contributed by atoms with Crippen molar-refractivity contribution in [3.05, 3.63) is 12.7 Å². The number of nitrogens with two attached hydrogens (primary N) is 1. The summed E-state index contributed by atoms with van der Waals surface area (Å²) in [6, 6.07) is 0. The molecule has 1 saturated heterocycles. The number of imidazole rings is 1. The minimum atomic E-state index is -5.54. The predicted molar refractivity (Wildman–Crippen MR) is 128 cm³/mol. The highest BCUT2D eigenvalue weighted by Gasteiger charge is 2.47. The van der Waals surface area contributed by atoms with Crippen molar-refractivity contribution in [3.63, 3.8) is 0 Å². The van der Waals surface area contributed by atoms with E-state index in [1.54, 1.807) is 0 Å². The van der Waals surface area contributed by atoms with Crippen molar-refractivity contribution in [3.8, 4) is 0 Å². The van der Waals surface area contributed by atoms with Crippen LogP contribution in [0, 0.1) is 0 Å². The first kappa shape index (κ1) is 29.0. The van der Waals surface area contributed by atoms with E-state index in [2.05, 4.69) is 28.1 Å². The number of anilines is 1. The van der Waals surface area contributed by atoms with Gasteiger partial charge in [0.1, 0.15) is 30.2 Å². The molecule has 3 heterocycles. The molecule has 4 unspecified atom stereocenters. The lowest BCUT2D eigenvalue weighted by Gasteiger charge is -2.24. The monoisotopic (exact) mass is 605 g/mol. The number of fused-ring (bicyclic) bond motifs is 1. The van der Waals surface area contributed by atoms with Gasteiger partial charge in [0.2, 0.25) is 0 Å². The van der Waals surface area contributed by atoms with Gasteiger partial charge in [0.15, 0.2) is 17.7 Å². The van der Waals surface area contributed by atoms with E-state index in [4.69, 9.17) is 10.5 Å². The number of phosphoric ester groups is 1. The van der Waals surface area contributed by atoms with Crippen LogP contribution in [0.2, 0.25) is 0 Å². The summed E-state index contributed by atoms with van der Waals surface area (Å²) in [6.45, 7) is -5.61. The predicted octanol–water partition coefficient (Wildman–Crippen LogP) is 1.44. The Kier molecular flexibility index (Phi) is 8.83. The molecule has 7 N–H and O–H groups in total. The molecular formula is C16H26N5O12P3S. The standard InChI is InChI=1S/C16H26N5O12P3S/c17-14-11-15(19-7-18-14)21(8-20-11)16-13(23)12(22)10(31-16)6-30-34(24,25)32-35(26,27)33-36(28,29)37-9-4-2-1-3-5-9/h7-10,12-13,16,22-23H,1-6H2,(H,24,25)(H,26,27)(H,28,29)(H2,17,18,19)/t10-,12+,13?,16-/m1/s1. The quantitative estimate of drug-likeness (QED) is 0.209. The lowest BCUT2D eigenvalue weighted by molar-refractivity contribution is -0.0503. The van der Waals surface area contributed by atoms with Gasteiger partial charge in [-0.05, 0) is 24.2 Å². The highest BCUT2D eigenvalue weighted by molar-refractivity contribution is 8.55. The molecule has 21 heteroatoms. The van der Waals surface area contributed by atoms with Crippen LogP contribution in [0.4, 0.5) is 5.82 Å². The zero-order valence-electron chi connectivity index (χ0n) is 19.0. The minimum absolute atomic E-state index is 0.0651. The highest BCUT2D eigenvalue weighted by atomic mass is 32.7. The van der Waals surface area contributed by atoms with Crippen molar-refractivity contribution in [2.24, 2.45) is 0 Å². The van der Waals surface area contributed by atoms with Gasteiger partial charge in [-0.25, -0.2) is 28.6 Å². The summed E-state index contributed by atoms with van der Waals surface area (Å²) in [5.74, 6) is 0.0651. The van der Waals surface area contributed by atoms with Crippen LogP contribution in [0.15, 0.2) is 12.7 Å². The fraction of sp³-hybridized carbons (Fsp3) is 0.688. The molecule has 4 rings (SSSR count). The van der Waals surface area contributed by atoms with E-state index in [1.807, 2.05) is 0 Å². The van der Waals surface area contributed by atoms with E-state index in [-0.39, 0.29) is 22.2 Å². The van der Waals surface area contributed by atoms with E-state index < -0.39 is 53.6 Å². The second-order valence-corrected chi connectivity index (χ2v) is 15.6. The maximum absolute atomic E-state index is 12.3. The summed E-state index contributed by atoms with van der Waals surface area (Å²) >= 11 is 0.470. The molecule has 0 spiro atoms. The van der Waals surface area contributed by atoms with Crippen molar-refractivity contribution in [1.82, 2.24) is 19.5 Å². The minimum Gasteiger partial charge on any atom is -0.387 e. The third-order valence-electron chi connectivity index (χ3n) is 5.65. The second kappa shape index (κ2) is 11.3. The van der Waals surface area contributed by atoms with Gasteiger partial charge in [-0.15, -0.1) is 0 Å². The van der Waals surface area contributed by atoms with Gasteiger partial charge >= 0.3 is 22.4 Å². The number of nitrogen functional groups attached to an aromatic ring is 1. The molecule has 208 valence electrons. The molecule has 17 nitrogen and oxygen atoms in total. The van der Waals surface area contributed by atoms with Gasteiger partial charge < -0.3 is 35.4 Å². The summed E-state index contributed by atoms with van der Waals surface area (Å²) < 4.78 is 56.5. The largest absolute Gasteiger partial charge is 0.488 e. The number of hydrogen-bond acceptors (Lipinski definition) is 14. The first-order valence-electron chi connectivity index (χ1n) is 11.0. The Bertz CT molecular complexity index is 1260. The van der Waals surface area contributed by atoms with Crippen molar-refractivity contribution in [1.29, 1.82) is 0 Å². The third kappa shape index (κ3) is 7.17. The van der Waals surface area contributed by atoms with E-state index in [0.717, 1.165) is 25.6 Å². The zero-order valence-corrected chi connectivity index (χ0v) is 22.5. The lowest BCUT2D eigenvalue weighted by Crippen LogP contribution is -2.33. The van der Waals surface area contributed by atoms with Crippen LogP contribution in [0.3, 0.4) is 0 Å². The Balaban J connectivity index is 1.35. The van der Waals surface area contributed by atoms with Gasteiger partial charge in [0.25, 0.3) is 0 Å². The van der Waals surface area contributed by atoms with Crippen LogP contribution in [-0.2, 0) is 31.6 Å². The Hall–Kier alpha value is -0.970. The van der Waals surface area contributed by atoms with Gasteiger partial charge in [-0.1, -0.05) is 19.3 Å². The summed E-state index contributed by atoms with van der Waals surface area (Å²) in [4.78, 5) is 41.4. The SMILES string of the molecule is Nc1ncnc2c1ncn2[C@@H]1O[C@H](COP(=O)(O)OP(=O)(O)OP(=O)(O)SC2CCCCC2)[C@H](O)C1O. The van der Waals surface area contributed by atoms with Gasteiger partial charge in [0.05, 0.1) is 12.9 Å². The van der Waals surface area contributed by atoms with Crippen LogP contribution in [-0.4, -0.2) is 74.6 Å². The van der Waals surface area contributed by atoms with Crippen LogP contribution in [0.1, 0.15) is 38.3 Å². The van der Waals surface area contributed by atoms with Crippen molar-refractivity contribution >= 4 is 50.8 Å². The number of phosphoric acid groups is 2. The van der Waals surface area contributed by atoms with Crippen molar-refractivity contribution < 1.29 is 56.5 Å². The molecule has 0 amide bonds. The van der Waals surface area contributed by atoms with E-state index >= 15 is 0 Å². The molecule has 1 aliphatic heterocycles. The molecule has 2 aromatic heterocycles. The normalized spacial score (nSPS) is 30.1. The molecule has 2 aliphatic rings. The summed E-state index contributed by atoms with van der Waals surface area (Å²) in [5, 5.41) is 20.5. The number of hydrogen-bond donors (Lipinski definition) is 6.